The molecule has 0 radical (unpaired) electrons. The second-order valence-electron chi connectivity index (χ2n) is 6.18. The summed E-state index contributed by atoms with van der Waals surface area (Å²) < 4.78 is 3.86. The first-order chi connectivity index (χ1) is 11.3. The minimum absolute atomic E-state index is 0.134. The fourth-order valence-electron chi connectivity index (χ4n) is 3.05. The van der Waals surface area contributed by atoms with Crippen molar-refractivity contribution in [2.45, 2.75) is 32.9 Å². The molecule has 7 nitrogen and oxygen atoms in total. The van der Waals surface area contributed by atoms with Crippen molar-refractivity contribution in [3.05, 3.63) is 29.7 Å². The van der Waals surface area contributed by atoms with E-state index in [1.54, 1.807) is 0 Å². The first-order valence-electron chi connectivity index (χ1n) is 8.36. The quantitative estimate of drug-likeness (QED) is 0.623. The van der Waals surface area contributed by atoms with E-state index in [-0.39, 0.29) is 6.61 Å². The van der Waals surface area contributed by atoms with Crippen LogP contribution in [-0.2, 0) is 19.5 Å². The van der Waals surface area contributed by atoms with Crippen LogP contribution >= 0.6 is 0 Å². The Kier molecular flexibility index (Phi) is 5.30. The summed E-state index contributed by atoms with van der Waals surface area (Å²) in [5, 5.41) is 24.6. The van der Waals surface area contributed by atoms with Crippen LogP contribution in [0.2, 0.25) is 0 Å². The Morgan fingerprint density at radius 3 is 3.26 bits per heavy atom. The highest BCUT2D eigenvalue weighted by molar-refractivity contribution is 5.35. The third kappa shape index (κ3) is 4.11. The van der Waals surface area contributed by atoms with Crippen molar-refractivity contribution in [2.24, 2.45) is 5.92 Å². The lowest BCUT2D eigenvalue weighted by molar-refractivity contribution is 0.269. The van der Waals surface area contributed by atoms with E-state index in [0.29, 0.717) is 12.5 Å². The average molecular weight is 318 g/mol. The lowest BCUT2D eigenvalue weighted by Gasteiger charge is -2.25. The van der Waals surface area contributed by atoms with Crippen molar-refractivity contribution in [1.82, 2.24) is 24.9 Å². The number of hydrogen-bond acceptors (Lipinski definition) is 5. The van der Waals surface area contributed by atoms with Gasteiger partial charge in [-0.15, -0.1) is 0 Å². The molecule has 0 saturated carbocycles. The summed E-state index contributed by atoms with van der Waals surface area (Å²) in [4.78, 5) is 0. The van der Waals surface area contributed by atoms with Crippen molar-refractivity contribution in [3.63, 3.8) is 0 Å². The molecule has 1 aliphatic heterocycles. The zero-order valence-corrected chi connectivity index (χ0v) is 13.7. The van der Waals surface area contributed by atoms with Gasteiger partial charge in [0.15, 0.2) is 0 Å². The molecule has 0 unspecified atom stereocenters. The first kappa shape index (κ1) is 16.0. The summed E-state index contributed by atoms with van der Waals surface area (Å²) in [6, 6.07) is 2.02. The molecule has 0 aromatic carbocycles. The van der Waals surface area contributed by atoms with Crippen LogP contribution in [0.25, 0.3) is 0 Å². The van der Waals surface area contributed by atoms with Gasteiger partial charge < -0.3 is 15.7 Å². The van der Waals surface area contributed by atoms with E-state index in [4.69, 9.17) is 5.11 Å². The summed E-state index contributed by atoms with van der Waals surface area (Å²) in [6.45, 7) is 6.74. The second kappa shape index (κ2) is 7.61. The lowest BCUT2D eigenvalue weighted by atomic mass is 10.1. The molecule has 0 spiro atoms. The molecule has 0 fully saturated rings. The SMILES string of the molecule is Cc1nn(CCO)cc1CCCNC[C@H]1CNc2ccnn2C1. The molecule has 23 heavy (non-hydrogen) atoms. The molecule has 0 saturated heterocycles. The molecule has 7 heteroatoms. The Balaban J connectivity index is 1.34. The highest BCUT2D eigenvalue weighted by atomic mass is 16.3. The van der Waals surface area contributed by atoms with Gasteiger partial charge in [-0.2, -0.15) is 10.2 Å². The molecule has 1 aliphatic rings. The smallest absolute Gasteiger partial charge is 0.124 e. The Bertz CT molecular complexity index is 620. The molecule has 126 valence electrons. The van der Waals surface area contributed by atoms with E-state index in [1.165, 1.54) is 5.56 Å². The van der Waals surface area contributed by atoms with Gasteiger partial charge in [-0.1, -0.05) is 0 Å². The first-order valence-corrected chi connectivity index (χ1v) is 8.36. The lowest BCUT2D eigenvalue weighted by Crippen LogP contribution is -2.35. The van der Waals surface area contributed by atoms with E-state index in [1.807, 2.05) is 28.6 Å². The van der Waals surface area contributed by atoms with Crippen LogP contribution in [0.3, 0.4) is 0 Å². The van der Waals surface area contributed by atoms with E-state index in [0.717, 1.165) is 50.5 Å². The fraction of sp³-hybridized carbons (Fsp3) is 0.625. The molecular formula is C16H26N6O. The zero-order chi connectivity index (χ0) is 16.1. The predicted octanol–water partition coefficient (Wildman–Crippen LogP) is 0.644. The number of nitrogens with one attached hydrogen (secondary N) is 2. The number of aliphatic hydroxyl groups excluding tert-OH is 1. The average Bonchev–Trinajstić information content (AvgIpc) is 3.13. The number of aromatic nitrogens is 4. The van der Waals surface area contributed by atoms with Crippen LogP contribution in [0.5, 0.6) is 0 Å². The molecule has 0 amide bonds. The van der Waals surface area contributed by atoms with Gasteiger partial charge in [0.25, 0.3) is 0 Å². The van der Waals surface area contributed by atoms with Gasteiger partial charge in [0, 0.05) is 37.8 Å². The maximum Gasteiger partial charge on any atom is 0.124 e. The van der Waals surface area contributed by atoms with Crippen molar-refractivity contribution >= 4 is 5.82 Å². The number of rotatable bonds is 8. The maximum atomic E-state index is 8.96. The number of anilines is 1. The molecule has 0 bridgehead atoms. The van der Waals surface area contributed by atoms with E-state index < -0.39 is 0 Å². The molecular weight excluding hydrogens is 292 g/mol. The maximum absolute atomic E-state index is 8.96. The summed E-state index contributed by atoms with van der Waals surface area (Å²) in [5.41, 5.74) is 2.35. The normalized spacial score (nSPS) is 17.0. The highest BCUT2D eigenvalue weighted by Crippen LogP contribution is 2.15. The van der Waals surface area contributed by atoms with Gasteiger partial charge in [-0.25, -0.2) is 4.68 Å². The van der Waals surface area contributed by atoms with Crippen LogP contribution in [-0.4, -0.2) is 50.9 Å². The van der Waals surface area contributed by atoms with Crippen molar-refractivity contribution < 1.29 is 5.11 Å². The van der Waals surface area contributed by atoms with Crippen LogP contribution in [0, 0.1) is 12.8 Å². The zero-order valence-electron chi connectivity index (χ0n) is 13.7. The van der Waals surface area contributed by atoms with E-state index in [9.17, 15) is 0 Å². The summed E-state index contributed by atoms with van der Waals surface area (Å²) in [5.74, 6) is 1.70. The topological polar surface area (TPSA) is 79.9 Å². The number of hydrogen-bond donors (Lipinski definition) is 3. The minimum atomic E-state index is 0.134. The molecule has 3 N–H and O–H groups in total. The predicted molar refractivity (Wildman–Crippen MR) is 89.4 cm³/mol. The van der Waals surface area contributed by atoms with Gasteiger partial charge in [0.2, 0.25) is 0 Å². The monoisotopic (exact) mass is 318 g/mol. The summed E-state index contributed by atoms with van der Waals surface area (Å²) >= 11 is 0. The van der Waals surface area contributed by atoms with Crippen LogP contribution in [0.15, 0.2) is 18.5 Å². The second-order valence-corrected chi connectivity index (χ2v) is 6.18. The van der Waals surface area contributed by atoms with Gasteiger partial charge in [0.1, 0.15) is 5.82 Å². The van der Waals surface area contributed by atoms with Gasteiger partial charge in [-0.3, -0.25) is 4.68 Å². The standard InChI is InChI=1S/C16H26N6O/c1-13-15(12-21(20-13)7-8-23)3-2-5-17-9-14-10-18-16-4-6-19-22(16)11-14/h4,6,12,14,17-18,23H,2-3,5,7-11H2,1H3/t14-/m0/s1. The summed E-state index contributed by atoms with van der Waals surface area (Å²) in [7, 11) is 0. The molecule has 0 aliphatic carbocycles. The van der Waals surface area contributed by atoms with Crippen LogP contribution in [0.4, 0.5) is 5.82 Å². The molecule has 3 heterocycles. The summed E-state index contributed by atoms with van der Waals surface area (Å²) in [6.07, 6.45) is 6.02. The van der Waals surface area contributed by atoms with Gasteiger partial charge in [0.05, 0.1) is 25.0 Å². The Labute approximate surface area is 136 Å². The van der Waals surface area contributed by atoms with Crippen LogP contribution < -0.4 is 10.6 Å². The van der Waals surface area contributed by atoms with Gasteiger partial charge >= 0.3 is 0 Å². The molecule has 1 atom stereocenters. The number of aliphatic hydroxyl groups is 1. The third-order valence-electron chi connectivity index (χ3n) is 4.33. The van der Waals surface area contributed by atoms with Crippen molar-refractivity contribution in [2.75, 3.05) is 31.6 Å². The number of fused-ring (bicyclic) bond motifs is 1. The largest absolute Gasteiger partial charge is 0.394 e. The Morgan fingerprint density at radius 2 is 2.39 bits per heavy atom. The van der Waals surface area contributed by atoms with Gasteiger partial charge in [-0.05, 0) is 31.9 Å². The van der Waals surface area contributed by atoms with Crippen LogP contribution in [0.1, 0.15) is 17.7 Å². The third-order valence-corrected chi connectivity index (χ3v) is 4.33. The number of nitrogens with zero attached hydrogens (tertiary/aromatic N) is 4. The van der Waals surface area contributed by atoms with E-state index >= 15 is 0 Å². The molecule has 3 rings (SSSR count). The van der Waals surface area contributed by atoms with Crippen molar-refractivity contribution in [3.8, 4) is 0 Å². The fourth-order valence-corrected chi connectivity index (χ4v) is 3.05. The Morgan fingerprint density at radius 1 is 1.48 bits per heavy atom. The molecule has 2 aromatic rings. The minimum Gasteiger partial charge on any atom is -0.394 e. The molecule has 2 aromatic heterocycles. The number of aryl methyl sites for hydroxylation is 2. The Hall–Kier alpha value is -1.86. The highest BCUT2D eigenvalue weighted by Gasteiger charge is 2.17. The van der Waals surface area contributed by atoms with Crippen molar-refractivity contribution in [1.29, 1.82) is 0 Å². The van der Waals surface area contributed by atoms with E-state index in [2.05, 4.69) is 27.0 Å².